The number of aromatic nitrogens is 2. The highest BCUT2D eigenvalue weighted by molar-refractivity contribution is 5.74. The largest absolute Gasteiger partial charge is 0.491 e. The van der Waals surface area contributed by atoms with Gasteiger partial charge in [0, 0.05) is 30.9 Å². The van der Waals surface area contributed by atoms with E-state index in [1.54, 1.807) is 4.68 Å². The van der Waals surface area contributed by atoms with Gasteiger partial charge in [0.05, 0.1) is 18.3 Å². The number of aryl methyl sites for hydroxylation is 1. The van der Waals surface area contributed by atoms with E-state index in [0.29, 0.717) is 13.2 Å². The predicted octanol–water partition coefficient (Wildman–Crippen LogP) is 1.46. The molecule has 2 amide bonds. The lowest BCUT2D eigenvalue weighted by Crippen LogP contribution is -2.42. The first-order valence-electron chi connectivity index (χ1n) is 7.95. The molecule has 0 radical (unpaired) electrons. The van der Waals surface area contributed by atoms with Crippen LogP contribution in [0.5, 0.6) is 5.75 Å². The Hall–Kier alpha value is -2.54. The Labute approximate surface area is 141 Å². The minimum Gasteiger partial charge on any atom is -0.491 e. The van der Waals surface area contributed by atoms with E-state index >= 15 is 0 Å². The molecule has 1 aromatic heterocycles. The molecule has 0 bridgehead atoms. The Kier molecular flexibility index (Phi) is 4.71. The second-order valence-corrected chi connectivity index (χ2v) is 6.18. The zero-order valence-corrected chi connectivity index (χ0v) is 14.2. The van der Waals surface area contributed by atoms with Gasteiger partial charge in [-0.2, -0.15) is 5.10 Å². The van der Waals surface area contributed by atoms with E-state index in [4.69, 9.17) is 4.74 Å². The van der Waals surface area contributed by atoms with Crippen molar-refractivity contribution < 1.29 is 9.53 Å². The smallest absolute Gasteiger partial charge is 0.315 e. The molecule has 0 saturated carbocycles. The Morgan fingerprint density at radius 1 is 1.46 bits per heavy atom. The first kappa shape index (κ1) is 16.3. The van der Waals surface area contributed by atoms with Crippen molar-refractivity contribution in [2.24, 2.45) is 7.05 Å². The molecule has 2 heterocycles. The van der Waals surface area contributed by atoms with Crippen molar-refractivity contribution in [2.75, 3.05) is 27.2 Å². The molecule has 7 nitrogen and oxygen atoms in total. The van der Waals surface area contributed by atoms with Gasteiger partial charge in [-0.15, -0.1) is 0 Å². The number of ether oxygens (including phenoxy) is 1. The summed E-state index contributed by atoms with van der Waals surface area (Å²) in [6.07, 6.45) is 3.79. The average Bonchev–Trinajstić information content (AvgIpc) is 3.14. The maximum absolute atomic E-state index is 12.3. The van der Waals surface area contributed by atoms with Crippen molar-refractivity contribution in [3.05, 3.63) is 47.8 Å². The third kappa shape index (κ3) is 3.51. The normalized spacial score (nSPS) is 17.2. The number of carbonyl (C=O) groups is 1. The molecule has 7 heteroatoms. The Bertz CT molecular complexity index is 713. The lowest BCUT2D eigenvalue weighted by atomic mass is 10.1. The van der Waals surface area contributed by atoms with Crippen LogP contribution >= 0.6 is 0 Å². The van der Waals surface area contributed by atoms with E-state index < -0.39 is 0 Å². The molecule has 128 valence electrons. The molecular weight excluding hydrogens is 306 g/mol. The van der Waals surface area contributed by atoms with Crippen molar-refractivity contribution in [3.63, 3.8) is 0 Å². The standard InChI is InChI=1S/C17H23N5O2/c1-21(2)15(12-8-19-22(3)10-12)9-18-17(23)20-14-11-24-16-7-5-4-6-13(14)16/h4-8,10,14-15H,9,11H2,1-3H3,(H2,18,20,23)/t14-,15-/m0/s1. The van der Waals surface area contributed by atoms with Gasteiger partial charge < -0.3 is 20.3 Å². The Morgan fingerprint density at radius 3 is 2.96 bits per heavy atom. The molecule has 0 unspecified atom stereocenters. The summed E-state index contributed by atoms with van der Waals surface area (Å²) in [5.74, 6) is 0.837. The van der Waals surface area contributed by atoms with Gasteiger partial charge in [-0.05, 0) is 20.2 Å². The van der Waals surface area contributed by atoms with Crippen LogP contribution in [0.2, 0.25) is 0 Å². The number of hydrogen-bond acceptors (Lipinski definition) is 4. The van der Waals surface area contributed by atoms with Crippen molar-refractivity contribution in [2.45, 2.75) is 12.1 Å². The van der Waals surface area contributed by atoms with Gasteiger partial charge in [-0.1, -0.05) is 18.2 Å². The number of nitrogens with zero attached hydrogens (tertiary/aromatic N) is 3. The molecule has 1 aliphatic rings. The van der Waals surface area contributed by atoms with Crippen molar-refractivity contribution >= 4 is 6.03 Å². The van der Waals surface area contributed by atoms with Gasteiger partial charge in [0.15, 0.2) is 0 Å². The number of para-hydroxylation sites is 1. The van der Waals surface area contributed by atoms with E-state index in [9.17, 15) is 4.79 Å². The molecular formula is C17H23N5O2. The van der Waals surface area contributed by atoms with Gasteiger partial charge in [0.25, 0.3) is 0 Å². The number of nitrogens with one attached hydrogen (secondary N) is 2. The predicted molar refractivity (Wildman–Crippen MR) is 90.8 cm³/mol. The summed E-state index contributed by atoms with van der Waals surface area (Å²) in [4.78, 5) is 14.3. The first-order valence-corrected chi connectivity index (χ1v) is 7.95. The number of likely N-dealkylation sites (N-methyl/N-ethyl adjacent to an activating group) is 1. The van der Waals surface area contributed by atoms with Crippen molar-refractivity contribution in [3.8, 4) is 5.75 Å². The van der Waals surface area contributed by atoms with Gasteiger partial charge in [0.2, 0.25) is 0 Å². The summed E-state index contributed by atoms with van der Waals surface area (Å²) < 4.78 is 7.35. The molecule has 0 spiro atoms. The fourth-order valence-electron chi connectivity index (χ4n) is 2.89. The maximum Gasteiger partial charge on any atom is 0.315 e. The number of urea groups is 1. The van der Waals surface area contributed by atoms with E-state index in [1.807, 2.05) is 57.8 Å². The lowest BCUT2D eigenvalue weighted by molar-refractivity contribution is 0.225. The van der Waals surface area contributed by atoms with Crippen LogP contribution in [0.15, 0.2) is 36.7 Å². The number of fused-ring (bicyclic) bond motifs is 1. The lowest BCUT2D eigenvalue weighted by Gasteiger charge is -2.24. The number of benzene rings is 1. The minimum absolute atomic E-state index is 0.0663. The van der Waals surface area contributed by atoms with Gasteiger partial charge in [-0.3, -0.25) is 4.68 Å². The molecule has 2 N–H and O–H groups in total. The maximum atomic E-state index is 12.3. The third-order valence-corrected chi connectivity index (χ3v) is 4.19. The Balaban J connectivity index is 1.57. The fourth-order valence-corrected chi connectivity index (χ4v) is 2.89. The van der Waals surface area contributed by atoms with Crippen molar-refractivity contribution in [1.82, 2.24) is 25.3 Å². The van der Waals surface area contributed by atoms with Crippen LogP contribution in [-0.2, 0) is 7.05 Å². The van der Waals surface area contributed by atoms with E-state index in [1.165, 1.54) is 0 Å². The second kappa shape index (κ2) is 6.92. The van der Waals surface area contributed by atoms with Crippen LogP contribution in [0.25, 0.3) is 0 Å². The summed E-state index contributed by atoms with van der Waals surface area (Å²) in [5.41, 5.74) is 2.08. The highest BCUT2D eigenvalue weighted by Gasteiger charge is 2.25. The Morgan fingerprint density at radius 2 is 2.25 bits per heavy atom. The van der Waals surface area contributed by atoms with Crippen LogP contribution in [0, 0.1) is 0 Å². The van der Waals surface area contributed by atoms with Crippen LogP contribution in [-0.4, -0.2) is 48.0 Å². The molecule has 0 aliphatic carbocycles. The molecule has 1 aliphatic heterocycles. The van der Waals surface area contributed by atoms with Crippen molar-refractivity contribution in [1.29, 1.82) is 0 Å². The highest BCUT2D eigenvalue weighted by atomic mass is 16.5. The second-order valence-electron chi connectivity index (χ2n) is 6.18. The zero-order valence-electron chi connectivity index (χ0n) is 14.2. The van der Waals surface area contributed by atoms with E-state index in [2.05, 4.69) is 20.6 Å². The zero-order chi connectivity index (χ0) is 17.1. The fraction of sp³-hybridized carbons (Fsp3) is 0.412. The number of amides is 2. The summed E-state index contributed by atoms with van der Waals surface area (Å²) in [6, 6.07) is 7.52. The SMILES string of the molecule is CN(C)[C@@H](CNC(=O)N[C@H]1COc2ccccc21)c1cnn(C)c1. The van der Waals surface area contributed by atoms with E-state index in [-0.39, 0.29) is 18.1 Å². The highest BCUT2D eigenvalue weighted by Crippen LogP contribution is 2.31. The van der Waals surface area contributed by atoms with Crippen LogP contribution < -0.4 is 15.4 Å². The molecule has 1 aromatic carbocycles. The van der Waals surface area contributed by atoms with E-state index in [0.717, 1.165) is 16.9 Å². The average molecular weight is 329 g/mol. The number of hydrogen-bond donors (Lipinski definition) is 2. The molecule has 0 saturated heterocycles. The van der Waals surface area contributed by atoms with Gasteiger partial charge in [0.1, 0.15) is 12.4 Å². The number of rotatable bonds is 5. The molecule has 2 aromatic rings. The summed E-state index contributed by atoms with van der Waals surface area (Å²) >= 11 is 0. The molecule has 2 atom stereocenters. The third-order valence-electron chi connectivity index (χ3n) is 4.19. The molecule has 24 heavy (non-hydrogen) atoms. The van der Waals surface area contributed by atoms with Crippen LogP contribution in [0.1, 0.15) is 23.2 Å². The quantitative estimate of drug-likeness (QED) is 0.871. The number of carbonyl (C=O) groups excluding carboxylic acids is 1. The van der Waals surface area contributed by atoms with Gasteiger partial charge >= 0.3 is 6.03 Å². The van der Waals surface area contributed by atoms with Crippen LogP contribution in [0.3, 0.4) is 0 Å². The molecule has 0 fully saturated rings. The first-order chi connectivity index (χ1) is 11.5. The van der Waals surface area contributed by atoms with Crippen LogP contribution in [0.4, 0.5) is 4.79 Å². The minimum atomic E-state index is -0.198. The summed E-state index contributed by atoms with van der Waals surface area (Å²) in [5, 5.41) is 10.1. The summed E-state index contributed by atoms with van der Waals surface area (Å²) in [6.45, 7) is 0.965. The topological polar surface area (TPSA) is 71.4 Å². The monoisotopic (exact) mass is 329 g/mol. The molecule has 3 rings (SSSR count). The summed E-state index contributed by atoms with van der Waals surface area (Å²) in [7, 11) is 5.85. The van der Waals surface area contributed by atoms with Gasteiger partial charge in [-0.25, -0.2) is 4.79 Å².